The van der Waals surface area contributed by atoms with Gasteiger partial charge in [-0.3, -0.25) is 0 Å². The lowest BCUT2D eigenvalue weighted by molar-refractivity contribution is 0.152. The summed E-state index contributed by atoms with van der Waals surface area (Å²) in [4.78, 5) is 2.64. The molecule has 2 heteroatoms. The van der Waals surface area contributed by atoms with E-state index in [9.17, 15) is 0 Å². The molecule has 0 aromatic carbocycles. The smallest absolute Gasteiger partial charge is 0.00631 e. The van der Waals surface area contributed by atoms with Gasteiger partial charge < -0.3 is 10.6 Å². The standard InChI is InChI=1S/C12H24N2/c1-10(2)12(5-6-12)9-14-7-3-11(13)4-8-14/h10-11H,3-9,13H2,1-2H3. The highest BCUT2D eigenvalue weighted by atomic mass is 15.1. The van der Waals surface area contributed by atoms with Crippen molar-refractivity contribution in [2.24, 2.45) is 17.1 Å². The molecular formula is C12H24N2. The third-order valence-corrected chi connectivity index (χ3v) is 4.29. The molecule has 1 heterocycles. The number of likely N-dealkylation sites (tertiary alicyclic amines) is 1. The van der Waals surface area contributed by atoms with Crippen LogP contribution in [0.25, 0.3) is 0 Å². The Morgan fingerprint density at radius 1 is 1.29 bits per heavy atom. The molecule has 0 spiro atoms. The van der Waals surface area contributed by atoms with Gasteiger partial charge in [-0.15, -0.1) is 0 Å². The lowest BCUT2D eigenvalue weighted by atomic mass is 9.91. The molecule has 0 atom stereocenters. The van der Waals surface area contributed by atoms with Crippen molar-refractivity contribution in [1.82, 2.24) is 4.90 Å². The molecule has 0 aromatic heterocycles. The number of hydrogen-bond donors (Lipinski definition) is 1. The summed E-state index contributed by atoms with van der Waals surface area (Å²) in [6, 6.07) is 0.473. The van der Waals surface area contributed by atoms with E-state index < -0.39 is 0 Å². The van der Waals surface area contributed by atoms with E-state index in [4.69, 9.17) is 5.73 Å². The molecule has 2 nitrogen and oxygen atoms in total. The second-order valence-corrected chi connectivity index (χ2v) is 5.63. The van der Waals surface area contributed by atoms with E-state index in [-0.39, 0.29) is 0 Å². The molecule has 2 N–H and O–H groups in total. The van der Waals surface area contributed by atoms with Gasteiger partial charge >= 0.3 is 0 Å². The summed E-state index contributed by atoms with van der Waals surface area (Å²) in [5.74, 6) is 0.859. The summed E-state index contributed by atoms with van der Waals surface area (Å²) in [7, 11) is 0. The van der Waals surface area contributed by atoms with E-state index in [0.717, 1.165) is 5.92 Å². The van der Waals surface area contributed by atoms with Crippen LogP contribution in [-0.4, -0.2) is 30.6 Å². The number of nitrogens with two attached hydrogens (primary N) is 1. The van der Waals surface area contributed by atoms with Gasteiger partial charge in [-0.1, -0.05) is 13.8 Å². The lowest BCUT2D eigenvalue weighted by Gasteiger charge is -2.34. The summed E-state index contributed by atoms with van der Waals surface area (Å²) in [6.45, 7) is 8.55. The van der Waals surface area contributed by atoms with Crippen LogP contribution in [0.4, 0.5) is 0 Å². The van der Waals surface area contributed by atoms with E-state index in [0.29, 0.717) is 11.5 Å². The van der Waals surface area contributed by atoms with E-state index in [1.165, 1.54) is 45.3 Å². The number of piperidine rings is 1. The Labute approximate surface area is 87.8 Å². The van der Waals surface area contributed by atoms with Crippen molar-refractivity contribution in [3.8, 4) is 0 Å². The van der Waals surface area contributed by atoms with Gasteiger partial charge in [0.25, 0.3) is 0 Å². The monoisotopic (exact) mass is 196 g/mol. The molecule has 2 fully saturated rings. The van der Waals surface area contributed by atoms with E-state index >= 15 is 0 Å². The Morgan fingerprint density at radius 3 is 2.29 bits per heavy atom. The molecule has 1 aliphatic heterocycles. The van der Waals surface area contributed by atoms with Crippen LogP contribution in [0.15, 0.2) is 0 Å². The van der Waals surface area contributed by atoms with Crippen LogP contribution in [0, 0.1) is 11.3 Å². The molecule has 0 amide bonds. The van der Waals surface area contributed by atoms with Gasteiger partial charge in [0.05, 0.1) is 0 Å². The highest BCUT2D eigenvalue weighted by Gasteiger charge is 2.46. The predicted octanol–water partition coefficient (Wildman–Crippen LogP) is 1.85. The average molecular weight is 196 g/mol. The second-order valence-electron chi connectivity index (χ2n) is 5.63. The fourth-order valence-electron chi connectivity index (χ4n) is 2.63. The summed E-state index contributed by atoms with van der Waals surface area (Å²) < 4.78 is 0. The minimum absolute atomic E-state index is 0.473. The third-order valence-electron chi connectivity index (χ3n) is 4.29. The number of nitrogens with zero attached hydrogens (tertiary/aromatic N) is 1. The first-order chi connectivity index (χ1) is 6.62. The van der Waals surface area contributed by atoms with Crippen LogP contribution in [-0.2, 0) is 0 Å². The fourth-order valence-corrected chi connectivity index (χ4v) is 2.63. The topological polar surface area (TPSA) is 29.3 Å². The minimum atomic E-state index is 0.473. The van der Waals surface area contributed by atoms with Gasteiger partial charge in [-0.05, 0) is 50.1 Å². The van der Waals surface area contributed by atoms with E-state index in [1.54, 1.807) is 0 Å². The number of hydrogen-bond acceptors (Lipinski definition) is 2. The van der Waals surface area contributed by atoms with Crippen LogP contribution in [0.2, 0.25) is 0 Å². The van der Waals surface area contributed by atoms with Gasteiger partial charge in [-0.25, -0.2) is 0 Å². The third kappa shape index (κ3) is 2.12. The Morgan fingerprint density at radius 2 is 1.86 bits per heavy atom. The summed E-state index contributed by atoms with van der Waals surface area (Å²) in [5.41, 5.74) is 6.59. The quantitative estimate of drug-likeness (QED) is 0.746. The lowest BCUT2D eigenvalue weighted by Crippen LogP contribution is -2.43. The minimum Gasteiger partial charge on any atom is -0.328 e. The molecule has 1 saturated carbocycles. The summed E-state index contributed by atoms with van der Waals surface area (Å²) in [5, 5.41) is 0. The molecule has 2 rings (SSSR count). The van der Waals surface area contributed by atoms with Crippen molar-refractivity contribution in [3.63, 3.8) is 0 Å². The zero-order valence-corrected chi connectivity index (χ0v) is 9.63. The highest BCUT2D eigenvalue weighted by molar-refractivity contribution is 4.98. The predicted molar refractivity (Wildman–Crippen MR) is 60.2 cm³/mol. The Bertz CT molecular complexity index is 188. The van der Waals surface area contributed by atoms with Crippen LogP contribution in [0.1, 0.15) is 39.5 Å². The van der Waals surface area contributed by atoms with Gasteiger partial charge in [0.1, 0.15) is 0 Å². The van der Waals surface area contributed by atoms with Crippen LogP contribution in [0.5, 0.6) is 0 Å². The second kappa shape index (κ2) is 3.82. The molecule has 1 aliphatic carbocycles. The maximum Gasteiger partial charge on any atom is 0.00631 e. The van der Waals surface area contributed by atoms with E-state index in [1.807, 2.05) is 0 Å². The molecular weight excluding hydrogens is 172 g/mol. The molecule has 0 radical (unpaired) electrons. The zero-order valence-electron chi connectivity index (χ0n) is 9.63. The van der Waals surface area contributed by atoms with Crippen molar-refractivity contribution in [1.29, 1.82) is 0 Å². The van der Waals surface area contributed by atoms with Gasteiger partial charge in [0.15, 0.2) is 0 Å². The van der Waals surface area contributed by atoms with Crippen LogP contribution in [0.3, 0.4) is 0 Å². The van der Waals surface area contributed by atoms with Crippen molar-refractivity contribution < 1.29 is 0 Å². The number of rotatable bonds is 3. The fraction of sp³-hybridized carbons (Fsp3) is 1.00. The van der Waals surface area contributed by atoms with Gasteiger partial charge in [-0.2, -0.15) is 0 Å². The first-order valence-electron chi connectivity index (χ1n) is 6.10. The maximum absolute atomic E-state index is 5.91. The largest absolute Gasteiger partial charge is 0.328 e. The average Bonchev–Trinajstić information content (AvgIpc) is 2.90. The first kappa shape index (κ1) is 10.4. The van der Waals surface area contributed by atoms with Crippen molar-refractivity contribution in [3.05, 3.63) is 0 Å². The molecule has 1 saturated heterocycles. The van der Waals surface area contributed by atoms with Crippen LogP contribution >= 0.6 is 0 Å². The first-order valence-corrected chi connectivity index (χ1v) is 6.10. The van der Waals surface area contributed by atoms with E-state index in [2.05, 4.69) is 18.7 Å². The maximum atomic E-state index is 5.91. The van der Waals surface area contributed by atoms with Crippen molar-refractivity contribution in [2.45, 2.75) is 45.6 Å². The Balaban J connectivity index is 1.81. The molecule has 0 unspecified atom stereocenters. The molecule has 82 valence electrons. The SMILES string of the molecule is CC(C)C1(CN2CCC(N)CC2)CC1. The Hall–Kier alpha value is -0.0800. The molecule has 0 aromatic rings. The summed E-state index contributed by atoms with van der Waals surface area (Å²) in [6.07, 6.45) is 5.31. The van der Waals surface area contributed by atoms with Crippen molar-refractivity contribution >= 4 is 0 Å². The van der Waals surface area contributed by atoms with Crippen LogP contribution < -0.4 is 5.73 Å². The Kier molecular flexibility index (Phi) is 2.85. The summed E-state index contributed by atoms with van der Waals surface area (Å²) >= 11 is 0. The molecule has 2 aliphatic rings. The molecule has 14 heavy (non-hydrogen) atoms. The molecule has 0 bridgehead atoms. The zero-order chi connectivity index (χ0) is 10.2. The van der Waals surface area contributed by atoms with Crippen molar-refractivity contribution in [2.75, 3.05) is 19.6 Å². The normalized spacial score (nSPS) is 28.3. The van der Waals surface area contributed by atoms with Gasteiger partial charge in [0.2, 0.25) is 0 Å². The van der Waals surface area contributed by atoms with Gasteiger partial charge in [0, 0.05) is 12.6 Å². The highest BCUT2D eigenvalue weighted by Crippen LogP contribution is 2.52.